The number of piperidine rings is 1. The highest BCUT2D eigenvalue weighted by molar-refractivity contribution is 7.89. The molecule has 3 fully saturated rings. The molecule has 3 aromatic rings. The van der Waals surface area contributed by atoms with E-state index in [0.29, 0.717) is 17.0 Å². The van der Waals surface area contributed by atoms with Gasteiger partial charge >= 0.3 is 0 Å². The molecule has 1 N–H and O–H groups in total. The van der Waals surface area contributed by atoms with Crippen molar-refractivity contribution in [3.05, 3.63) is 23.5 Å². The molecular formula is C22H26F2N6O3S2. The Hall–Kier alpha value is -2.22. The van der Waals surface area contributed by atoms with Crippen LogP contribution in [0.15, 0.2) is 23.4 Å². The lowest BCUT2D eigenvalue weighted by molar-refractivity contribution is 0.134. The second-order valence-corrected chi connectivity index (χ2v) is 12.8. The molecule has 6 rings (SSSR count). The van der Waals surface area contributed by atoms with Gasteiger partial charge in [0.1, 0.15) is 10.6 Å². The Morgan fingerprint density at radius 3 is 2.57 bits per heavy atom. The van der Waals surface area contributed by atoms with Crippen LogP contribution in [0.3, 0.4) is 0 Å². The maximum absolute atomic E-state index is 13.3. The molecule has 0 amide bonds. The minimum absolute atomic E-state index is 0.107. The van der Waals surface area contributed by atoms with Gasteiger partial charge in [0, 0.05) is 31.4 Å². The van der Waals surface area contributed by atoms with E-state index in [1.54, 1.807) is 10.5 Å². The number of nitrogens with zero attached hydrogens (tertiary/aromatic N) is 5. The number of hydrogen-bond donors (Lipinski definition) is 1. The summed E-state index contributed by atoms with van der Waals surface area (Å²) in [4.78, 5) is 6.83. The zero-order valence-electron chi connectivity index (χ0n) is 19.2. The second kappa shape index (κ2) is 8.15. The quantitative estimate of drug-likeness (QED) is 0.525. The molecule has 1 aliphatic carbocycles. The van der Waals surface area contributed by atoms with Crippen LogP contribution < -0.4 is 9.62 Å². The molecule has 0 atom stereocenters. The molecule has 5 heterocycles. The average molecular weight is 525 g/mol. The number of alkyl halides is 2. The summed E-state index contributed by atoms with van der Waals surface area (Å²) in [6.45, 7) is 4.95. The number of halogens is 2. The maximum atomic E-state index is 13.3. The van der Waals surface area contributed by atoms with Gasteiger partial charge in [0.2, 0.25) is 10.0 Å². The topological polar surface area (TPSA) is 102 Å². The van der Waals surface area contributed by atoms with Gasteiger partial charge < -0.3 is 9.64 Å². The van der Waals surface area contributed by atoms with Crippen molar-refractivity contribution in [1.82, 2.24) is 24.3 Å². The summed E-state index contributed by atoms with van der Waals surface area (Å²) in [7, 11) is -3.81. The fourth-order valence-corrected chi connectivity index (χ4v) is 7.14. The predicted octanol–water partition coefficient (Wildman–Crippen LogP) is 3.63. The summed E-state index contributed by atoms with van der Waals surface area (Å²) >= 11 is 0.775. The van der Waals surface area contributed by atoms with Crippen LogP contribution in [0.5, 0.6) is 0 Å². The van der Waals surface area contributed by atoms with E-state index in [1.165, 1.54) is 12.4 Å². The van der Waals surface area contributed by atoms with E-state index in [9.17, 15) is 17.2 Å². The molecule has 1 saturated carbocycles. The zero-order chi connectivity index (χ0) is 24.4. The van der Waals surface area contributed by atoms with Crippen LogP contribution in [-0.4, -0.2) is 59.8 Å². The van der Waals surface area contributed by atoms with E-state index >= 15 is 0 Å². The molecule has 9 nitrogen and oxygen atoms in total. The Morgan fingerprint density at radius 1 is 1.17 bits per heavy atom. The minimum atomic E-state index is -3.81. The van der Waals surface area contributed by atoms with E-state index in [0.717, 1.165) is 69.7 Å². The van der Waals surface area contributed by atoms with Gasteiger partial charge in [0.15, 0.2) is 15.7 Å². The van der Waals surface area contributed by atoms with Gasteiger partial charge in [-0.2, -0.15) is 0 Å². The Bertz CT molecular complexity index is 1370. The Morgan fingerprint density at radius 2 is 1.94 bits per heavy atom. The van der Waals surface area contributed by atoms with E-state index in [2.05, 4.69) is 24.8 Å². The molecule has 0 unspecified atom stereocenters. The van der Waals surface area contributed by atoms with Gasteiger partial charge in [-0.15, -0.1) is 10.2 Å². The summed E-state index contributed by atoms with van der Waals surface area (Å²) in [6.07, 6.45) is 4.83. The number of nitrogens with one attached hydrogen (secondary N) is 1. The lowest BCUT2D eigenvalue weighted by Gasteiger charge is -2.39. The summed E-state index contributed by atoms with van der Waals surface area (Å²) in [5, 5.41) is 7.37. The van der Waals surface area contributed by atoms with Crippen molar-refractivity contribution in [2.24, 2.45) is 5.41 Å². The van der Waals surface area contributed by atoms with Crippen molar-refractivity contribution in [3.63, 3.8) is 0 Å². The molecule has 13 heteroatoms. The molecule has 2 saturated heterocycles. The number of imidazole rings is 1. The van der Waals surface area contributed by atoms with E-state index in [1.807, 2.05) is 6.92 Å². The highest BCUT2D eigenvalue weighted by Crippen LogP contribution is 2.42. The molecule has 0 aromatic carbocycles. The molecule has 0 bridgehead atoms. The van der Waals surface area contributed by atoms with Crippen molar-refractivity contribution in [1.29, 1.82) is 0 Å². The lowest BCUT2D eigenvalue weighted by Crippen LogP contribution is -2.41. The number of hydrogen-bond acceptors (Lipinski definition) is 8. The smallest absolute Gasteiger partial charge is 0.291 e. The number of ether oxygens (including phenoxy) is 1. The highest BCUT2D eigenvalue weighted by Gasteiger charge is 2.42. The standard InChI is InChI=1S/C22H26F2N6O3S2/c1-21(2-3-21)28-35(31,32)14-10-15(29-7-4-22(5-8-29)6-9-33-13-22)18-25-11-16(30(18)12-14)19-26-27-20(34-19)17(23)24/h10-12,17,28H,2-9,13H2,1H3. The van der Waals surface area contributed by atoms with Crippen LogP contribution in [-0.2, 0) is 14.8 Å². The summed E-state index contributed by atoms with van der Waals surface area (Å²) in [5.74, 6) is 0. The van der Waals surface area contributed by atoms with Crippen LogP contribution in [0.2, 0.25) is 0 Å². The molecule has 35 heavy (non-hydrogen) atoms. The largest absolute Gasteiger partial charge is 0.381 e. The van der Waals surface area contributed by atoms with Crippen LogP contribution in [0.1, 0.15) is 50.5 Å². The van der Waals surface area contributed by atoms with Gasteiger partial charge in [-0.05, 0) is 50.5 Å². The number of fused-ring (bicyclic) bond motifs is 1. The van der Waals surface area contributed by atoms with Crippen LogP contribution >= 0.6 is 11.3 Å². The number of aromatic nitrogens is 4. The van der Waals surface area contributed by atoms with Gasteiger partial charge in [-0.3, -0.25) is 4.40 Å². The second-order valence-electron chi connectivity index (χ2n) is 10.1. The van der Waals surface area contributed by atoms with Crippen molar-refractivity contribution >= 4 is 32.7 Å². The first-order valence-electron chi connectivity index (χ1n) is 11.7. The van der Waals surface area contributed by atoms with Gasteiger partial charge in [-0.25, -0.2) is 26.9 Å². The molecule has 0 radical (unpaired) electrons. The normalized spacial score (nSPS) is 21.4. The Labute approximate surface area is 205 Å². The van der Waals surface area contributed by atoms with Crippen LogP contribution in [0.25, 0.3) is 16.3 Å². The maximum Gasteiger partial charge on any atom is 0.291 e. The first kappa shape index (κ1) is 23.2. The molecule has 3 aromatic heterocycles. The highest BCUT2D eigenvalue weighted by atomic mass is 32.2. The fraction of sp³-hybridized carbons (Fsp3) is 0.591. The summed E-state index contributed by atoms with van der Waals surface area (Å²) < 4.78 is 63.0. The van der Waals surface area contributed by atoms with Crippen molar-refractivity contribution in [2.75, 3.05) is 31.2 Å². The van der Waals surface area contributed by atoms with Gasteiger partial charge in [0.25, 0.3) is 6.43 Å². The Kier molecular flexibility index (Phi) is 5.40. The predicted molar refractivity (Wildman–Crippen MR) is 126 cm³/mol. The Balaban J connectivity index is 1.43. The summed E-state index contributed by atoms with van der Waals surface area (Å²) in [6, 6.07) is 1.67. The number of sulfonamides is 1. The van der Waals surface area contributed by atoms with Crippen LogP contribution in [0.4, 0.5) is 14.5 Å². The van der Waals surface area contributed by atoms with E-state index < -0.39 is 22.0 Å². The van der Waals surface area contributed by atoms with Gasteiger partial charge in [0.05, 0.1) is 18.5 Å². The third-order valence-corrected chi connectivity index (χ3v) is 10.0. The van der Waals surface area contributed by atoms with Crippen LogP contribution in [0, 0.1) is 5.41 Å². The zero-order valence-corrected chi connectivity index (χ0v) is 20.8. The summed E-state index contributed by atoms with van der Waals surface area (Å²) in [5.41, 5.74) is 1.45. The van der Waals surface area contributed by atoms with E-state index in [-0.39, 0.29) is 20.3 Å². The number of rotatable bonds is 6. The molecule has 188 valence electrons. The average Bonchev–Trinajstić information content (AvgIpc) is 3.27. The van der Waals surface area contributed by atoms with Gasteiger partial charge in [-0.1, -0.05) is 11.3 Å². The number of pyridine rings is 1. The minimum Gasteiger partial charge on any atom is -0.381 e. The molecule has 1 spiro atoms. The van der Waals surface area contributed by atoms with Crippen molar-refractivity contribution in [2.45, 2.75) is 55.9 Å². The van der Waals surface area contributed by atoms with E-state index in [4.69, 9.17) is 4.74 Å². The SMILES string of the molecule is CC1(NS(=O)(=O)c2cc(N3CCC4(CCOC4)CC3)c3ncc(-c4nnc(C(F)F)s4)n3c2)CC1. The lowest BCUT2D eigenvalue weighted by atomic mass is 9.78. The third-order valence-electron chi connectivity index (χ3n) is 7.45. The van der Waals surface area contributed by atoms with Crippen molar-refractivity contribution < 1.29 is 21.9 Å². The first-order chi connectivity index (χ1) is 16.7. The first-order valence-corrected chi connectivity index (χ1v) is 14.0. The number of anilines is 1. The van der Waals surface area contributed by atoms with Crippen molar-refractivity contribution in [3.8, 4) is 10.7 Å². The fourth-order valence-electron chi connectivity index (χ4n) is 4.95. The monoisotopic (exact) mass is 524 g/mol. The third kappa shape index (κ3) is 4.21. The molecule has 2 aliphatic heterocycles. The molecular weight excluding hydrogens is 498 g/mol. The molecule has 3 aliphatic rings.